The molecule has 0 aliphatic heterocycles. The van der Waals surface area contributed by atoms with Crippen LogP contribution in [0.1, 0.15) is 44.7 Å². The fourth-order valence-corrected chi connectivity index (χ4v) is 3.33. The van der Waals surface area contributed by atoms with Crippen LogP contribution < -0.4 is 0 Å². The summed E-state index contributed by atoms with van der Waals surface area (Å²) < 4.78 is 5.03. The van der Waals surface area contributed by atoms with Gasteiger partial charge in [0.15, 0.2) is 0 Å². The monoisotopic (exact) mass is 457 g/mol. The summed E-state index contributed by atoms with van der Waals surface area (Å²) in [6, 6.07) is 13.8. The lowest BCUT2D eigenvalue weighted by Gasteiger charge is -2.23. The lowest BCUT2D eigenvalue weighted by Crippen LogP contribution is -2.31. The Morgan fingerprint density at radius 2 is 1.84 bits per heavy atom. The molecule has 160 valence electrons. The van der Waals surface area contributed by atoms with Gasteiger partial charge in [0.05, 0.1) is 40.1 Å². The van der Waals surface area contributed by atoms with Crippen LogP contribution in [0.15, 0.2) is 54.7 Å². The van der Waals surface area contributed by atoms with E-state index in [1.54, 1.807) is 43.1 Å². The number of esters is 1. The molecule has 0 unspecified atom stereocenters. The number of amides is 1. The Morgan fingerprint density at radius 3 is 2.48 bits per heavy atom. The van der Waals surface area contributed by atoms with Gasteiger partial charge in [-0.3, -0.25) is 9.78 Å². The van der Waals surface area contributed by atoms with Gasteiger partial charge in [-0.05, 0) is 55.8 Å². The van der Waals surface area contributed by atoms with Crippen LogP contribution in [-0.2, 0) is 17.8 Å². The zero-order chi connectivity index (χ0) is 22.4. The molecule has 0 bridgehead atoms. The zero-order valence-corrected chi connectivity index (χ0v) is 18.7. The van der Waals surface area contributed by atoms with E-state index in [0.29, 0.717) is 21.3 Å². The number of hydrogen-bond donors (Lipinski definition) is 0. The molecule has 8 heteroatoms. The largest absolute Gasteiger partial charge is 0.462 e. The van der Waals surface area contributed by atoms with Crippen molar-refractivity contribution in [2.24, 2.45) is 0 Å². The second-order valence-corrected chi connectivity index (χ2v) is 7.60. The first-order valence-corrected chi connectivity index (χ1v) is 10.4. The fraction of sp³-hybridized carbons (Fsp3) is 0.217. The van der Waals surface area contributed by atoms with Gasteiger partial charge in [0.1, 0.15) is 5.69 Å². The number of carbonyl (C=O) groups is 2. The Hall–Kier alpha value is -2.96. The Bertz CT molecular complexity index is 1090. The average molecular weight is 458 g/mol. The van der Waals surface area contributed by atoms with Crippen molar-refractivity contribution in [3.8, 4) is 0 Å². The van der Waals surface area contributed by atoms with Crippen molar-refractivity contribution < 1.29 is 14.3 Å². The van der Waals surface area contributed by atoms with Gasteiger partial charge in [-0.1, -0.05) is 35.3 Å². The number of benzene rings is 1. The average Bonchev–Trinajstić information content (AvgIpc) is 2.76. The second kappa shape index (κ2) is 10.4. The van der Waals surface area contributed by atoms with E-state index in [9.17, 15) is 9.59 Å². The number of hydrogen-bond acceptors (Lipinski definition) is 5. The van der Waals surface area contributed by atoms with E-state index >= 15 is 0 Å². The molecule has 0 aliphatic rings. The minimum Gasteiger partial charge on any atom is -0.462 e. The van der Waals surface area contributed by atoms with Gasteiger partial charge in [0, 0.05) is 12.7 Å². The van der Waals surface area contributed by atoms with Crippen LogP contribution in [-0.4, -0.2) is 33.4 Å². The van der Waals surface area contributed by atoms with Crippen LogP contribution in [0.5, 0.6) is 0 Å². The third kappa shape index (κ3) is 5.81. The molecule has 3 aromatic rings. The summed E-state index contributed by atoms with van der Waals surface area (Å²) >= 11 is 12.2. The van der Waals surface area contributed by atoms with Gasteiger partial charge < -0.3 is 9.64 Å². The first kappa shape index (κ1) is 22.7. The molecule has 0 atom stereocenters. The maximum absolute atomic E-state index is 13.3. The fourth-order valence-electron chi connectivity index (χ4n) is 3.01. The van der Waals surface area contributed by atoms with Crippen molar-refractivity contribution >= 4 is 35.1 Å². The number of rotatable bonds is 7. The number of carbonyl (C=O) groups excluding carboxylic acids is 2. The maximum atomic E-state index is 13.3. The summed E-state index contributed by atoms with van der Waals surface area (Å²) in [6.45, 7) is 4.23. The Balaban J connectivity index is 1.90. The predicted octanol–water partition coefficient (Wildman–Crippen LogP) is 5.11. The molecule has 6 nitrogen and oxygen atoms in total. The SMILES string of the molecule is CCOC(=O)c1ccc(C(=O)N(Cc2ccc(Cl)c(Cl)c2)Cc2ccccn2)nc1C. The molecule has 0 fully saturated rings. The molecular weight excluding hydrogens is 437 g/mol. The molecule has 3 rings (SSSR count). The third-order valence-corrected chi connectivity index (χ3v) is 5.26. The minimum atomic E-state index is -0.465. The van der Waals surface area contributed by atoms with Crippen molar-refractivity contribution in [1.29, 1.82) is 0 Å². The van der Waals surface area contributed by atoms with Crippen molar-refractivity contribution in [3.63, 3.8) is 0 Å². The number of halogens is 2. The van der Waals surface area contributed by atoms with Gasteiger partial charge in [-0.25, -0.2) is 9.78 Å². The Kier molecular flexibility index (Phi) is 7.60. The van der Waals surface area contributed by atoms with Crippen LogP contribution in [0.25, 0.3) is 0 Å². The molecule has 1 aromatic carbocycles. The summed E-state index contributed by atoms with van der Waals surface area (Å²) in [4.78, 5) is 35.7. The van der Waals surface area contributed by atoms with Crippen LogP contribution in [0.4, 0.5) is 0 Å². The van der Waals surface area contributed by atoms with Crippen LogP contribution in [0.3, 0.4) is 0 Å². The number of aryl methyl sites for hydroxylation is 1. The molecule has 2 heterocycles. The summed E-state index contributed by atoms with van der Waals surface area (Å²) in [5.74, 6) is -0.761. The normalized spacial score (nSPS) is 10.6. The van der Waals surface area contributed by atoms with E-state index in [1.165, 1.54) is 6.07 Å². The van der Waals surface area contributed by atoms with Crippen molar-refractivity contribution in [3.05, 3.63) is 93.0 Å². The van der Waals surface area contributed by atoms with E-state index < -0.39 is 5.97 Å². The summed E-state index contributed by atoms with van der Waals surface area (Å²) in [7, 11) is 0. The van der Waals surface area contributed by atoms with E-state index in [-0.39, 0.29) is 31.3 Å². The van der Waals surface area contributed by atoms with Gasteiger partial charge in [0.25, 0.3) is 5.91 Å². The van der Waals surface area contributed by atoms with Gasteiger partial charge >= 0.3 is 5.97 Å². The highest BCUT2D eigenvalue weighted by Gasteiger charge is 2.21. The molecule has 2 aromatic heterocycles. The molecular formula is C23H21Cl2N3O3. The number of ether oxygens (including phenoxy) is 1. The quantitative estimate of drug-likeness (QED) is 0.460. The van der Waals surface area contributed by atoms with E-state index in [1.807, 2.05) is 24.3 Å². The lowest BCUT2D eigenvalue weighted by atomic mass is 10.1. The van der Waals surface area contributed by atoms with Gasteiger partial charge in [-0.2, -0.15) is 0 Å². The molecule has 31 heavy (non-hydrogen) atoms. The first-order chi connectivity index (χ1) is 14.9. The Morgan fingerprint density at radius 1 is 1.03 bits per heavy atom. The molecule has 0 radical (unpaired) electrons. The molecule has 0 N–H and O–H groups in total. The highest BCUT2D eigenvalue weighted by atomic mass is 35.5. The van der Waals surface area contributed by atoms with Crippen molar-refractivity contribution in [1.82, 2.24) is 14.9 Å². The third-order valence-electron chi connectivity index (χ3n) is 4.52. The van der Waals surface area contributed by atoms with Gasteiger partial charge in [-0.15, -0.1) is 0 Å². The standard InChI is InChI=1S/C23H21Cl2N3O3/c1-3-31-23(30)18-8-10-21(27-15(18)2)22(29)28(14-17-6-4-5-11-26-17)13-16-7-9-19(24)20(25)12-16/h4-12H,3,13-14H2,1-2H3. The van der Waals surface area contributed by atoms with Crippen LogP contribution >= 0.6 is 23.2 Å². The molecule has 1 amide bonds. The molecule has 0 saturated heterocycles. The van der Waals surface area contributed by atoms with Crippen molar-refractivity contribution in [2.75, 3.05) is 6.61 Å². The molecule has 0 spiro atoms. The molecule has 0 aliphatic carbocycles. The number of pyridine rings is 2. The first-order valence-electron chi connectivity index (χ1n) is 9.67. The minimum absolute atomic E-state index is 0.224. The predicted molar refractivity (Wildman–Crippen MR) is 119 cm³/mol. The van der Waals surface area contributed by atoms with Crippen LogP contribution in [0.2, 0.25) is 10.0 Å². The van der Waals surface area contributed by atoms with E-state index in [2.05, 4.69) is 9.97 Å². The number of aromatic nitrogens is 2. The summed E-state index contributed by atoms with van der Waals surface area (Å²) in [6.07, 6.45) is 1.67. The summed E-state index contributed by atoms with van der Waals surface area (Å²) in [5, 5.41) is 0.858. The van der Waals surface area contributed by atoms with E-state index in [4.69, 9.17) is 27.9 Å². The van der Waals surface area contributed by atoms with Crippen LogP contribution in [0, 0.1) is 6.92 Å². The molecule has 0 saturated carbocycles. The number of nitrogens with zero attached hydrogens (tertiary/aromatic N) is 3. The lowest BCUT2D eigenvalue weighted by molar-refractivity contribution is 0.0524. The zero-order valence-electron chi connectivity index (χ0n) is 17.1. The highest BCUT2D eigenvalue weighted by Crippen LogP contribution is 2.24. The topological polar surface area (TPSA) is 72.4 Å². The van der Waals surface area contributed by atoms with Gasteiger partial charge in [0.2, 0.25) is 0 Å². The van der Waals surface area contributed by atoms with Crippen molar-refractivity contribution in [2.45, 2.75) is 26.9 Å². The second-order valence-electron chi connectivity index (χ2n) is 6.78. The summed E-state index contributed by atoms with van der Waals surface area (Å²) in [5.41, 5.74) is 2.53. The maximum Gasteiger partial charge on any atom is 0.339 e. The van der Waals surface area contributed by atoms with E-state index in [0.717, 1.165) is 11.3 Å². The smallest absolute Gasteiger partial charge is 0.339 e. The highest BCUT2D eigenvalue weighted by molar-refractivity contribution is 6.42. The Labute approximate surface area is 190 Å².